The van der Waals surface area contributed by atoms with E-state index in [1.165, 1.54) is 11.3 Å². The summed E-state index contributed by atoms with van der Waals surface area (Å²) in [5.41, 5.74) is 1.07. The maximum absolute atomic E-state index is 12.4. The van der Waals surface area contributed by atoms with E-state index in [-0.39, 0.29) is 35.8 Å². The second-order valence-corrected chi connectivity index (χ2v) is 8.74. The van der Waals surface area contributed by atoms with Crippen LogP contribution in [0.5, 0.6) is 0 Å². The average molecular weight is 427 g/mol. The van der Waals surface area contributed by atoms with E-state index in [1.807, 2.05) is 41.8 Å². The largest absolute Gasteiger partial charge is 0.353 e. The van der Waals surface area contributed by atoms with Crippen molar-refractivity contribution in [2.75, 3.05) is 13.1 Å². The second kappa shape index (κ2) is 9.40. The minimum absolute atomic E-state index is 0.00708. The minimum Gasteiger partial charge on any atom is -0.353 e. The summed E-state index contributed by atoms with van der Waals surface area (Å²) < 4.78 is 0. The van der Waals surface area contributed by atoms with E-state index >= 15 is 0 Å². The summed E-state index contributed by atoms with van der Waals surface area (Å²) in [6, 6.07) is 13.3. The van der Waals surface area contributed by atoms with Crippen LogP contribution in [0.25, 0.3) is 0 Å². The maximum atomic E-state index is 12.4. The summed E-state index contributed by atoms with van der Waals surface area (Å²) in [4.78, 5) is 39.8. The molecule has 0 radical (unpaired) electrons. The summed E-state index contributed by atoms with van der Waals surface area (Å²) in [6.45, 7) is 1.68. The van der Waals surface area contributed by atoms with Crippen molar-refractivity contribution in [1.29, 1.82) is 0 Å². The first kappa shape index (κ1) is 20.6. The Labute approximate surface area is 179 Å². The number of rotatable bonds is 7. The number of piperazine rings is 1. The van der Waals surface area contributed by atoms with Crippen molar-refractivity contribution < 1.29 is 14.4 Å². The predicted molar refractivity (Wildman–Crippen MR) is 115 cm³/mol. The van der Waals surface area contributed by atoms with E-state index in [4.69, 9.17) is 0 Å². The molecule has 2 aliphatic rings. The highest BCUT2D eigenvalue weighted by Crippen LogP contribution is 2.26. The molecular formula is C22H26N4O3S. The molecule has 4 rings (SSSR count). The highest BCUT2D eigenvalue weighted by Gasteiger charge is 2.43. The van der Waals surface area contributed by atoms with Gasteiger partial charge in [-0.25, -0.2) is 0 Å². The molecule has 3 heterocycles. The normalized spacial score (nSPS) is 23.5. The summed E-state index contributed by atoms with van der Waals surface area (Å²) in [6.07, 6.45) is 1.67. The molecule has 2 fully saturated rings. The zero-order valence-electron chi connectivity index (χ0n) is 16.7. The number of fused-ring (bicyclic) bond motifs is 1. The van der Waals surface area contributed by atoms with Gasteiger partial charge in [0, 0.05) is 38.1 Å². The lowest BCUT2D eigenvalue weighted by atomic mass is 10.0. The highest BCUT2D eigenvalue weighted by atomic mass is 32.1. The van der Waals surface area contributed by atoms with Crippen LogP contribution in [-0.4, -0.2) is 53.8 Å². The number of thiophene rings is 1. The van der Waals surface area contributed by atoms with Gasteiger partial charge in [0.1, 0.15) is 0 Å². The van der Waals surface area contributed by atoms with Gasteiger partial charge >= 0.3 is 0 Å². The van der Waals surface area contributed by atoms with Gasteiger partial charge in [-0.2, -0.15) is 0 Å². The van der Waals surface area contributed by atoms with Gasteiger partial charge in [0.25, 0.3) is 5.91 Å². The third-order valence-corrected chi connectivity index (χ3v) is 6.61. The number of amides is 3. The van der Waals surface area contributed by atoms with Crippen LogP contribution in [0.1, 0.15) is 34.5 Å². The first-order valence-corrected chi connectivity index (χ1v) is 11.2. The van der Waals surface area contributed by atoms with Gasteiger partial charge in [-0.1, -0.05) is 36.4 Å². The molecule has 3 amide bonds. The molecule has 0 saturated carbocycles. The van der Waals surface area contributed by atoms with Crippen LogP contribution in [0.2, 0.25) is 0 Å². The van der Waals surface area contributed by atoms with E-state index in [1.54, 1.807) is 6.07 Å². The lowest BCUT2D eigenvalue weighted by molar-refractivity contribution is -0.129. The Morgan fingerprint density at radius 2 is 2.00 bits per heavy atom. The molecule has 158 valence electrons. The van der Waals surface area contributed by atoms with Gasteiger partial charge in [-0.05, 0) is 29.9 Å². The van der Waals surface area contributed by atoms with Crippen molar-refractivity contribution >= 4 is 29.1 Å². The van der Waals surface area contributed by atoms with Gasteiger partial charge < -0.3 is 16.0 Å². The molecule has 8 heteroatoms. The third kappa shape index (κ3) is 4.88. The molecule has 1 aromatic heterocycles. The minimum atomic E-state index is -0.246. The molecule has 2 aliphatic heterocycles. The zero-order chi connectivity index (χ0) is 20.9. The SMILES string of the molecule is O=C(CC[C@@H]1CNC(=O)[C@@H]2C[C@H](NC(=O)c3cccs3)CN12)NCc1ccccc1. The van der Waals surface area contributed by atoms with Crippen molar-refractivity contribution in [2.24, 2.45) is 0 Å². The van der Waals surface area contributed by atoms with Crippen molar-refractivity contribution in [3.05, 3.63) is 58.3 Å². The van der Waals surface area contributed by atoms with Crippen molar-refractivity contribution in [2.45, 2.75) is 43.9 Å². The quantitative estimate of drug-likeness (QED) is 0.626. The summed E-state index contributed by atoms with van der Waals surface area (Å²) in [5.74, 6) is -0.0752. The van der Waals surface area contributed by atoms with Crippen molar-refractivity contribution in [1.82, 2.24) is 20.9 Å². The Morgan fingerprint density at radius 1 is 1.17 bits per heavy atom. The smallest absolute Gasteiger partial charge is 0.261 e. The topological polar surface area (TPSA) is 90.5 Å². The molecule has 2 saturated heterocycles. The van der Waals surface area contributed by atoms with Gasteiger partial charge in [-0.3, -0.25) is 19.3 Å². The lowest BCUT2D eigenvalue weighted by Crippen LogP contribution is -2.58. The first-order valence-electron chi connectivity index (χ1n) is 10.3. The van der Waals surface area contributed by atoms with Crippen LogP contribution in [0.15, 0.2) is 47.8 Å². The molecule has 30 heavy (non-hydrogen) atoms. The van der Waals surface area contributed by atoms with E-state index in [0.29, 0.717) is 43.8 Å². The van der Waals surface area contributed by atoms with Crippen molar-refractivity contribution in [3.8, 4) is 0 Å². The first-order chi connectivity index (χ1) is 14.6. The highest BCUT2D eigenvalue weighted by molar-refractivity contribution is 7.12. The molecule has 0 unspecified atom stereocenters. The molecule has 3 N–H and O–H groups in total. The third-order valence-electron chi connectivity index (χ3n) is 5.74. The monoisotopic (exact) mass is 426 g/mol. The number of hydrogen-bond donors (Lipinski definition) is 3. The number of hydrogen-bond acceptors (Lipinski definition) is 5. The Morgan fingerprint density at radius 3 is 2.77 bits per heavy atom. The van der Waals surface area contributed by atoms with E-state index in [2.05, 4.69) is 20.9 Å². The fourth-order valence-electron chi connectivity index (χ4n) is 4.20. The molecule has 7 nitrogen and oxygen atoms in total. The van der Waals surface area contributed by atoms with Crippen LogP contribution in [-0.2, 0) is 16.1 Å². The Balaban J connectivity index is 1.28. The molecule has 2 aromatic rings. The summed E-state index contributed by atoms with van der Waals surface area (Å²) in [7, 11) is 0. The van der Waals surface area contributed by atoms with Crippen molar-refractivity contribution in [3.63, 3.8) is 0 Å². The number of nitrogens with one attached hydrogen (secondary N) is 3. The lowest BCUT2D eigenvalue weighted by Gasteiger charge is -2.37. The predicted octanol–water partition coefficient (Wildman–Crippen LogP) is 1.52. The summed E-state index contributed by atoms with van der Waals surface area (Å²) in [5, 5.41) is 10.8. The Bertz CT molecular complexity index is 887. The fourth-order valence-corrected chi connectivity index (χ4v) is 4.82. The van der Waals surface area contributed by atoms with Gasteiger partial charge in [0.15, 0.2) is 0 Å². The van der Waals surface area contributed by atoms with Crippen LogP contribution in [0.3, 0.4) is 0 Å². The second-order valence-electron chi connectivity index (χ2n) is 7.80. The number of carbonyl (C=O) groups excluding carboxylic acids is 3. The van der Waals surface area contributed by atoms with Gasteiger partial charge in [0.2, 0.25) is 11.8 Å². The van der Waals surface area contributed by atoms with E-state index in [9.17, 15) is 14.4 Å². The zero-order valence-corrected chi connectivity index (χ0v) is 17.5. The average Bonchev–Trinajstić information content (AvgIpc) is 3.43. The summed E-state index contributed by atoms with van der Waals surface area (Å²) >= 11 is 1.41. The van der Waals surface area contributed by atoms with E-state index in [0.717, 1.165) is 5.56 Å². The molecule has 0 bridgehead atoms. The van der Waals surface area contributed by atoms with Crippen LogP contribution >= 0.6 is 11.3 Å². The number of nitrogens with zero attached hydrogens (tertiary/aromatic N) is 1. The molecule has 0 spiro atoms. The van der Waals surface area contributed by atoms with E-state index < -0.39 is 0 Å². The molecule has 1 aromatic carbocycles. The van der Waals surface area contributed by atoms with Gasteiger partial charge in [-0.15, -0.1) is 11.3 Å². The Hall–Kier alpha value is -2.71. The van der Waals surface area contributed by atoms with Crippen LogP contribution < -0.4 is 16.0 Å². The fraction of sp³-hybridized carbons (Fsp3) is 0.409. The number of benzene rings is 1. The standard InChI is InChI=1S/C22H26N4O3S/c27-20(23-12-15-5-2-1-3-6-15)9-8-17-13-24-21(28)18-11-16(14-26(17)18)25-22(29)19-7-4-10-30-19/h1-7,10,16-18H,8-9,11-14H2,(H,23,27)(H,24,28)(H,25,29)/t16-,17+,18-/m0/s1. The number of carbonyl (C=O) groups is 3. The van der Waals surface area contributed by atoms with Crippen LogP contribution in [0, 0.1) is 0 Å². The molecule has 0 aliphatic carbocycles. The maximum Gasteiger partial charge on any atom is 0.261 e. The van der Waals surface area contributed by atoms with Crippen LogP contribution in [0.4, 0.5) is 0 Å². The molecular weight excluding hydrogens is 400 g/mol. The molecule has 3 atom stereocenters. The van der Waals surface area contributed by atoms with Gasteiger partial charge in [0.05, 0.1) is 10.9 Å². The Kier molecular flexibility index (Phi) is 6.44.